The quantitative estimate of drug-likeness (QED) is 0.367. The van der Waals surface area contributed by atoms with Crippen molar-refractivity contribution >= 4 is 54.5 Å². The highest BCUT2D eigenvalue weighted by Gasteiger charge is 2.19. The Morgan fingerprint density at radius 1 is 0.971 bits per heavy atom. The van der Waals surface area contributed by atoms with E-state index in [1.165, 1.54) is 11.3 Å². The van der Waals surface area contributed by atoms with Crippen LogP contribution in [0.4, 0.5) is 16.5 Å². The molecule has 0 aliphatic rings. The normalized spacial score (nSPS) is 11.6. The minimum Gasteiger partial charge on any atom is -0.377 e. The zero-order valence-corrected chi connectivity index (χ0v) is 21.6. The predicted octanol–water partition coefficient (Wildman–Crippen LogP) is 4.33. The largest absolute Gasteiger partial charge is 0.377 e. The van der Waals surface area contributed by atoms with Crippen LogP contribution in [0.25, 0.3) is 22.0 Å². The van der Waals surface area contributed by atoms with Crippen LogP contribution in [-0.2, 0) is 14.8 Å². The van der Waals surface area contributed by atoms with E-state index in [0.717, 1.165) is 16.6 Å². The number of hydrogen-bond acceptors (Lipinski definition) is 7. The van der Waals surface area contributed by atoms with Gasteiger partial charge >= 0.3 is 0 Å². The number of thiazole rings is 1. The number of nitrogens with zero attached hydrogens (tertiary/aromatic N) is 3. The lowest BCUT2D eigenvalue weighted by Crippen LogP contribution is -2.26. The molecule has 0 bridgehead atoms. The number of carbonyl (C=O) groups is 1. The molecule has 4 aromatic rings. The summed E-state index contributed by atoms with van der Waals surface area (Å²) in [5, 5.41) is 6.61. The van der Waals surface area contributed by atoms with Gasteiger partial charge in [0.1, 0.15) is 0 Å². The van der Waals surface area contributed by atoms with Crippen LogP contribution in [0.3, 0.4) is 0 Å². The van der Waals surface area contributed by atoms with E-state index in [4.69, 9.17) is 0 Å². The number of anilines is 3. The second-order valence-electron chi connectivity index (χ2n) is 8.53. The summed E-state index contributed by atoms with van der Waals surface area (Å²) in [7, 11) is 3.64. The lowest BCUT2D eigenvalue weighted by Gasteiger charge is -2.17. The van der Waals surface area contributed by atoms with Gasteiger partial charge in [-0.2, -0.15) is 0 Å². The second-order valence-corrected chi connectivity index (χ2v) is 11.0. The SMILES string of the molecule is CN(C)CC(=O)Nc1nc(-c2cccc(NS(=O)(=O)c3cccc4c(N(C)C)cccc34)c2)cs1. The minimum atomic E-state index is -3.85. The van der Waals surface area contributed by atoms with Gasteiger partial charge in [0.05, 0.1) is 17.1 Å². The van der Waals surface area contributed by atoms with Crippen LogP contribution in [0.1, 0.15) is 0 Å². The summed E-state index contributed by atoms with van der Waals surface area (Å²) in [6, 6.07) is 18.0. The maximum absolute atomic E-state index is 13.4. The highest BCUT2D eigenvalue weighted by Crippen LogP contribution is 2.32. The highest BCUT2D eigenvalue weighted by molar-refractivity contribution is 7.93. The number of sulfonamides is 1. The molecular formula is C25H27N5O3S2. The number of hydrogen-bond donors (Lipinski definition) is 2. The summed E-state index contributed by atoms with van der Waals surface area (Å²) in [6.45, 7) is 0.260. The number of likely N-dealkylation sites (N-methyl/N-ethyl adjacent to an activating group) is 1. The highest BCUT2D eigenvalue weighted by atomic mass is 32.2. The Labute approximate surface area is 209 Å². The second kappa shape index (κ2) is 10.0. The number of nitrogens with one attached hydrogen (secondary N) is 2. The van der Waals surface area contributed by atoms with E-state index in [-0.39, 0.29) is 17.3 Å². The predicted molar refractivity (Wildman–Crippen MR) is 144 cm³/mol. The van der Waals surface area contributed by atoms with Gasteiger partial charge < -0.3 is 15.1 Å². The molecule has 0 fully saturated rings. The Bertz CT molecular complexity index is 1480. The smallest absolute Gasteiger partial charge is 0.262 e. The molecule has 182 valence electrons. The van der Waals surface area contributed by atoms with Gasteiger partial charge in [0.25, 0.3) is 10.0 Å². The van der Waals surface area contributed by atoms with Crippen LogP contribution in [0.5, 0.6) is 0 Å². The third kappa shape index (κ3) is 5.61. The lowest BCUT2D eigenvalue weighted by atomic mass is 10.1. The first kappa shape index (κ1) is 24.6. The molecule has 0 unspecified atom stereocenters. The van der Waals surface area contributed by atoms with Crippen LogP contribution < -0.4 is 14.9 Å². The van der Waals surface area contributed by atoms with Crippen LogP contribution in [0.2, 0.25) is 0 Å². The molecule has 4 rings (SSSR count). The molecule has 35 heavy (non-hydrogen) atoms. The zero-order chi connectivity index (χ0) is 25.2. The van der Waals surface area contributed by atoms with E-state index in [2.05, 4.69) is 15.0 Å². The number of aromatic nitrogens is 1. The first-order valence-corrected chi connectivity index (χ1v) is 13.2. The topological polar surface area (TPSA) is 94.6 Å². The fourth-order valence-corrected chi connectivity index (χ4v) is 5.76. The summed E-state index contributed by atoms with van der Waals surface area (Å²) in [5.74, 6) is -0.148. The number of benzene rings is 3. The Morgan fingerprint density at radius 2 is 1.69 bits per heavy atom. The van der Waals surface area contributed by atoms with E-state index in [1.807, 2.05) is 68.8 Å². The fourth-order valence-electron chi connectivity index (χ4n) is 3.75. The maximum atomic E-state index is 13.4. The molecule has 3 aromatic carbocycles. The molecule has 0 saturated carbocycles. The van der Waals surface area contributed by atoms with Crippen molar-refractivity contribution in [3.05, 3.63) is 66.0 Å². The van der Waals surface area contributed by atoms with Crippen molar-refractivity contribution in [3.63, 3.8) is 0 Å². The molecule has 8 nitrogen and oxygen atoms in total. The summed E-state index contributed by atoms with van der Waals surface area (Å²) in [4.78, 5) is 20.4. The van der Waals surface area contributed by atoms with Crippen molar-refractivity contribution in [1.29, 1.82) is 0 Å². The molecule has 0 radical (unpaired) electrons. The average molecular weight is 510 g/mol. The molecule has 2 N–H and O–H groups in total. The minimum absolute atomic E-state index is 0.148. The van der Waals surface area contributed by atoms with E-state index in [9.17, 15) is 13.2 Å². The van der Waals surface area contributed by atoms with E-state index >= 15 is 0 Å². The Morgan fingerprint density at radius 3 is 2.43 bits per heavy atom. The van der Waals surface area contributed by atoms with Crippen LogP contribution in [0.15, 0.2) is 70.9 Å². The summed E-state index contributed by atoms with van der Waals surface area (Å²) < 4.78 is 29.4. The molecule has 0 spiro atoms. The standard InChI is InChI=1S/C25H27N5O3S2/c1-29(2)15-24(31)27-25-26-21(16-34-25)17-8-5-9-18(14-17)28-35(32,33)23-13-7-10-19-20(23)11-6-12-22(19)30(3)4/h5-14,16,28H,15H2,1-4H3,(H,26,27,31). The molecule has 1 heterocycles. The lowest BCUT2D eigenvalue weighted by molar-refractivity contribution is -0.116. The number of rotatable bonds is 8. The van der Waals surface area contributed by atoms with Crippen LogP contribution >= 0.6 is 11.3 Å². The third-order valence-corrected chi connectivity index (χ3v) is 7.45. The zero-order valence-electron chi connectivity index (χ0n) is 19.9. The van der Waals surface area contributed by atoms with Crippen molar-refractivity contribution < 1.29 is 13.2 Å². The van der Waals surface area contributed by atoms with Crippen molar-refractivity contribution in [1.82, 2.24) is 9.88 Å². The first-order chi connectivity index (χ1) is 16.6. The van der Waals surface area contributed by atoms with Gasteiger partial charge in [-0.3, -0.25) is 9.52 Å². The number of amides is 1. The summed E-state index contributed by atoms with van der Waals surface area (Å²) >= 11 is 1.32. The van der Waals surface area contributed by atoms with E-state index in [1.54, 1.807) is 35.2 Å². The maximum Gasteiger partial charge on any atom is 0.262 e. The van der Waals surface area contributed by atoms with Gasteiger partial charge in [-0.1, -0.05) is 36.4 Å². The van der Waals surface area contributed by atoms with Crippen LogP contribution in [0, 0.1) is 0 Å². The van der Waals surface area contributed by atoms with Gasteiger partial charge in [0.2, 0.25) is 5.91 Å². The van der Waals surface area contributed by atoms with Gasteiger partial charge in [0, 0.05) is 47.2 Å². The number of fused-ring (bicyclic) bond motifs is 1. The van der Waals surface area contributed by atoms with Crippen molar-refractivity contribution in [2.24, 2.45) is 0 Å². The molecule has 0 aliphatic heterocycles. The number of carbonyl (C=O) groups excluding carboxylic acids is 1. The van der Waals surface area contributed by atoms with Crippen molar-refractivity contribution in [3.8, 4) is 11.3 Å². The first-order valence-electron chi connectivity index (χ1n) is 10.9. The summed E-state index contributed by atoms with van der Waals surface area (Å²) in [6.07, 6.45) is 0. The van der Waals surface area contributed by atoms with Gasteiger partial charge in [-0.15, -0.1) is 11.3 Å². The molecule has 1 amide bonds. The monoisotopic (exact) mass is 509 g/mol. The van der Waals surface area contributed by atoms with Crippen LogP contribution in [-0.4, -0.2) is 58.9 Å². The van der Waals surface area contributed by atoms with Gasteiger partial charge in [0.15, 0.2) is 5.13 Å². The Kier molecular flexibility index (Phi) is 7.06. The molecule has 0 atom stereocenters. The van der Waals surface area contributed by atoms with Gasteiger partial charge in [-0.05, 0) is 38.4 Å². The average Bonchev–Trinajstić information content (AvgIpc) is 3.25. The fraction of sp³-hybridized carbons (Fsp3) is 0.200. The molecule has 0 saturated heterocycles. The van der Waals surface area contributed by atoms with Crippen molar-refractivity contribution in [2.75, 3.05) is 49.7 Å². The summed E-state index contributed by atoms with van der Waals surface area (Å²) in [5.41, 5.74) is 2.76. The Balaban J connectivity index is 1.60. The van der Waals surface area contributed by atoms with Crippen molar-refractivity contribution in [2.45, 2.75) is 4.90 Å². The third-order valence-electron chi connectivity index (χ3n) is 5.25. The molecule has 10 heteroatoms. The Hall–Kier alpha value is -3.47. The molecular weight excluding hydrogens is 482 g/mol. The van der Waals surface area contributed by atoms with Gasteiger partial charge in [-0.25, -0.2) is 13.4 Å². The molecule has 0 aliphatic carbocycles. The van der Waals surface area contributed by atoms with E-state index in [0.29, 0.717) is 21.9 Å². The molecule has 1 aromatic heterocycles. The van der Waals surface area contributed by atoms with E-state index < -0.39 is 10.0 Å².